The zero-order valence-electron chi connectivity index (χ0n) is 8.94. The topological polar surface area (TPSA) is 45.0 Å². The number of azo groups is 1. The highest BCUT2D eigenvalue weighted by Crippen LogP contribution is 2.38. The van der Waals surface area contributed by atoms with Crippen LogP contribution in [0.4, 0.5) is 11.4 Å². The Labute approximate surface area is 129 Å². The van der Waals surface area contributed by atoms with Gasteiger partial charge in [-0.15, -0.1) is 5.11 Å². The molecule has 0 aliphatic heterocycles. The maximum atomic E-state index is 9.82. The molecule has 0 radical (unpaired) electrons. The molecule has 0 spiro atoms. The smallest absolute Gasteiger partial charge is 0.157 e. The molecule has 2 aromatic rings. The molecule has 0 bridgehead atoms. The van der Waals surface area contributed by atoms with Gasteiger partial charge in [-0.3, -0.25) is 0 Å². The Morgan fingerprint density at radius 2 is 1.50 bits per heavy atom. The fraction of sp³-hybridized carbons (Fsp3) is 0. The van der Waals surface area contributed by atoms with Gasteiger partial charge in [-0.25, -0.2) is 0 Å². The molecule has 92 valence electrons. The minimum Gasteiger partial charge on any atom is -0.505 e. The molecule has 0 aliphatic carbocycles. The summed E-state index contributed by atoms with van der Waals surface area (Å²) in [4.78, 5) is 0. The van der Waals surface area contributed by atoms with Crippen LogP contribution in [0.15, 0.2) is 60.0 Å². The molecule has 0 saturated carbocycles. The molecule has 6 heteroatoms. The first-order valence-corrected chi connectivity index (χ1v) is 7.29. The summed E-state index contributed by atoms with van der Waals surface area (Å²) in [7, 11) is 0. The van der Waals surface area contributed by atoms with Crippen molar-refractivity contribution >= 4 is 59.2 Å². The minimum absolute atomic E-state index is 0.0686. The molecular weight excluding hydrogens is 428 g/mol. The lowest BCUT2D eigenvalue weighted by Crippen LogP contribution is -1.72. The van der Waals surface area contributed by atoms with E-state index in [1.54, 1.807) is 12.1 Å². The van der Waals surface area contributed by atoms with E-state index in [0.717, 1.165) is 8.95 Å². The van der Waals surface area contributed by atoms with Gasteiger partial charge in [0.05, 0.1) is 10.2 Å². The van der Waals surface area contributed by atoms with Gasteiger partial charge in [0.15, 0.2) is 5.75 Å². The highest BCUT2D eigenvalue weighted by Gasteiger charge is 2.06. The molecule has 0 aromatic heterocycles. The first kappa shape index (κ1) is 13.7. The van der Waals surface area contributed by atoms with Crippen LogP contribution in [0.3, 0.4) is 0 Å². The van der Waals surface area contributed by atoms with E-state index in [1.165, 1.54) is 0 Å². The van der Waals surface area contributed by atoms with E-state index in [1.807, 2.05) is 24.3 Å². The van der Waals surface area contributed by atoms with Crippen molar-refractivity contribution in [1.29, 1.82) is 0 Å². The molecule has 0 atom stereocenters. The number of halogens is 3. The van der Waals surface area contributed by atoms with Gasteiger partial charge >= 0.3 is 0 Å². The van der Waals surface area contributed by atoms with Gasteiger partial charge in [-0.05, 0) is 52.3 Å². The molecule has 0 amide bonds. The maximum Gasteiger partial charge on any atom is 0.157 e. The second kappa shape index (κ2) is 5.95. The largest absolute Gasteiger partial charge is 0.505 e. The Kier molecular flexibility index (Phi) is 4.53. The molecule has 0 saturated heterocycles. The first-order valence-electron chi connectivity index (χ1n) is 4.91. The lowest BCUT2D eigenvalue weighted by atomic mass is 10.3. The number of phenols is 1. The molecule has 18 heavy (non-hydrogen) atoms. The van der Waals surface area contributed by atoms with Crippen molar-refractivity contribution in [2.45, 2.75) is 0 Å². The van der Waals surface area contributed by atoms with Gasteiger partial charge in [0, 0.05) is 8.95 Å². The van der Waals surface area contributed by atoms with Crippen LogP contribution in [0, 0.1) is 0 Å². The van der Waals surface area contributed by atoms with Crippen molar-refractivity contribution in [3.63, 3.8) is 0 Å². The van der Waals surface area contributed by atoms with Crippen LogP contribution in [-0.4, -0.2) is 5.11 Å². The maximum absolute atomic E-state index is 9.82. The number of aromatic hydroxyl groups is 1. The summed E-state index contributed by atoms with van der Waals surface area (Å²) in [5.41, 5.74) is 1.12. The molecule has 1 N–H and O–H groups in total. The third kappa shape index (κ3) is 3.40. The van der Waals surface area contributed by atoms with Crippen LogP contribution in [0.25, 0.3) is 0 Å². The lowest BCUT2D eigenvalue weighted by molar-refractivity contribution is 0.473. The van der Waals surface area contributed by atoms with Crippen molar-refractivity contribution < 1.29 is 5.11 Å². The third-order valence-corrected chi connectivity index (χ3v) is 3.70. The average molecular weight is 435 g/mol. The number of phenolic OH excluding ortho intramolecular Hbond substituents is 1. The van der Waals surface area contributed by atoms with Gasteiger partial charge in [-0.1, -0.05) is 31.9 Å². The van der Waals surface area contributed by atoms with Crippen LogP contribution in [0.1, 0.15) is 0 Å². The minimum atomic E-state index is 0.0686. The molecular formula is C12H7Br3N2O. The average Bonchev–Trinajstić information content (AvgIpc) is 2.34. The quantitative estimate of drug-likeness (QED) is 0.570. The molecule has 0 unspecified atom stereocenters. The van der Waals surface area contributed by atoms with Gasteiger partial charge in [-0.2, -0.15) is 5.11 Å². The number of benzene rings is 2. The number of rotatable bonds is 2. The van der Waals surface area contributed by atoms with Gasteiger partial charge in [0.25, 0.3) is 0 Å². The Morgan fingerprint density at radius 3 is 2.17 bits per heavy atom. The highest BCUT2D eigenvalue weighted by atomic mass is 79.9. The van der Waals surface area contributed by atoms with Gasteiger partial charge < -0.3 is 5.11 Å². The zero-order valence-corrected chi connectivity index (χ0v) is 13.7. The SMILES string of the molecule is Oc1c(Br)cc(Br)cc1N=Nc1ccc(Br)cc1. The summed E-state index contributed by atoms with van der Waals surface area (Å²) in [5.74, 6) is 0.0686. The molecule has 0 fully saturated rings. The first-order chi connectivity index (χ1) is 8.56. The van der Waals surface area contributed by atoms with Crippen LogP contribution in [0.2, 0.25) is 0 Å². The second-order valence-electron chi connectivity index (χ2n) is 3.43. The van der Waals surface area contributed by atoms with Crippen molar-refractivity contribution in [3.8, 4) is 5.75 Å². The zero-order chi connectivity index (χ0) is 13.1. The van der Waals surface area contributed by atoms with E-state index >= 15 is 0 Å². The van der Waals surface area contributed by atoms with Crippen LogP contribution < -0.4 is 0 Å². The van der Waals surface area contributed by atoms with Gasteiger partial charge in [0.1, 0.15) is 5.69 Å². The third-order valence-electron chi connectivity index (χ3n) is 2.11. The normalized spacial score (nSPS) is 11.1. The van der Waals surface area contributed by atoms with Crippen molar-refractivity contribution in [2.24, 2.45) is 10.2 Å². The Morgan fingerprint density at radius 1 is 0.833 bits per heavy atom. The Bertz CT molecular complexity index is 597. The summed E-state index contributed by atoms with van der Waals surface area (Å²) in [6, 6.07) is 10.9. The van der Waals surface area contributed by atoms with Crippen molar-refractivity contribution in [1.82, 2.24) is 0 Å². The fourth-order valence-corrected chi connectivity index (χ4v) is 2.72. The standard InChI is InChI=1S/C12H7Br3N2O/c13-7-1-3-9(4-2-7)16-17-11-6-8(14)5-10(15)12(11)18/h1-6,18H. The summed E-state index contributed by atoms with van der Waals surface area (Å²) in [6.07, 6.45) is 0. The monoisotopic (exact) mass is 432 g/mol. The number of hydrogen-bond acceptors (Lipinski definition) is 3. The lowest BCUT2D eigenvalue weighted by Gasteiger charge is -2.01. The van der Waals surface area contributed by atoms with E-state index in [2.05, 4.69) is 58.0 Å². The van der Waals surface area contributed by atoms with Crippen LogP contribution in [0.5, 0.6) is 5.75 Å². The molecule has 0 heterocycles. The molecule has 0 aliphatic rings. The Hall–Kier alpha value is -0.720. The summed E-state index contributed by atoms with van der Waals surface area (Å²) >= 11 is 9.93. The van der Waals surface area contributed by atoms with Gasteiger partial charge in [0.2, 0.25) is 0 Å². The highest BCUT2D eigenvalue weighted by molar-refractivity contribution is 9.11. The van der Waals surface area contributed by atoms with E-state index in [4.69, 9.17) is 0 Å². The van der Waals surface area contributed by atoms with Crippen LogP contribution in [-0.2, 0) is 0 Å². The predicted molar refractivity (Wildman–Crippen MR) is 81.8 cm³/mol. The molecule has 2 rings (SSSR count). The summed E-state index contributed by atoms with van der Waals surface area (Å²) in [5, 5.41) is 17.9. The second-order valence-corrected chi connectivity index (χ2v) is 6.12. The van der Waals surface area contributed by atoms with E-state index < -0.39 is 0 Å². The summed E-state index contributed by atoms with van der Waals surface area (Å²) in [6.45, 7) is 0. The van der Waals surface area contributed by atoms with Crippen molar-refractivity contribution in [3.05, 3.63) is 49.8 Å². The predicted octanol–water partition coefficient (Wildman–Crippen LogP) is 6.10. The number of hydrogen-bond donors (Lipinski definition) is 1. The van der Waals surface area contributed by atoms with E-state index in [9.17, 15) is 5.11 Å². The molecule has 2 aromatic carbocycles. The van der Waals surface area contributed by atoms with E-state index in [0.29, 0.717) is 15.8 Å². The van der Waals surface area contributed by atoms with Crippen molar-refractivity contribution in [2.75, 3.05) is 0 Å². The molecule has 3 nitrogen and oxygen atoms in total. The number of nitrogens with zero attached hydrogens (tertiary/aromatic N) is 2. The van der Waals surface area contributed by atoms with E-state index in [-0.39, 0.29) is 5.75 Å². The summed E-state index contributed by atoms with van der Waals surface area (Å²) < 4.78 is 2.37. The fourth-order valence-electron chi connectivity index (χ4n) is 1.25. The van der Waals surface area contributed by atoms with Crippen LogP contribution >= 0.6 is 47.8 Å². The Balaban J connectivity index is 2.31.